The van der Waals surface area contributed by atoms with Crippen LogP contribution in [0.15, 0.2) is 60.8 Å². The lowest BCUT2D eigenvalue weighted by Gasteiger charge is -2.18. The predicted octanol–water partition coefficient (Wildman–Crippen LogP) is 3.11. The number of benzene rings is 2. The summed E-state index contributed by atoms with van der Waals surface area (Å²) in [5, 5.41) is 26.3. The number of aliphatic hydroxyl groups is 1. The molecule has 7 nitrogen and oxygen atoms in total. The van der Waals surface area contributed by atoms with E-state index in [1.54, 1.807) is 43.5 Å². The van der Waals surface area contributed by atoms with Crippen LogP contribution >= 0.6 is 0 Å². The number of hydrogen-bond acceptors (Lipinski definition) is 6. The first-order valence-electron chi connectivity index (χ1n) is 10.6. The molecule has 0 aliphatic heterocycles. The Hall–Kier alpha value is -3.42. The van der Waals surface area contributed by atoms with Crippen molar-refractivity contribution < 1.29 is 15.0 Å². The van der Waals surface area contributed by atoms with Crippen LogP contribution in [0.1, 0.15) is 35.3 Å². The monoisotopic (exact) mass is 434 g/mol. The number of nitrogens with zero attached hydrogens (tertiary/aromatic N) is 1. The van der Waals surface area contributed by atoms with Crippen molar-refractivity contribution in [3.05, 3.63) is 83.0 Å². The van der Waals surface area contributed by atoms with E-state index < -0.39 is 6.10 Å². The van der Waals surface area contributed by atoms with E-state index in [9.17, 15) is 15.0 Å². The van der Waals surface area contributed by atoms with Gasteiger partial charge < -0.3 is 26.6 Å². The second-order valence-corrected chi connectivity index (χ2v) is 8.09. The molecule has 3 aromatic rings. The van der Waals surface area contributed by atoms with E-state index >= 15 is 0 Å². The molecule has 0 unspecified atom stereocenters. The standard InChI is InChI=1S/C25H30N4O3/c1-16-6-8-21(13-22(16)30)29-25(32)12-19-5-3-4-18(11-19)10-17(2)27-15-23(31)20-7-9-24(26)28-14-20/h3-9,11,13-14,17,23,27,30-31H,10,12,15H2,1-2H3,(H2,26,28)(H,29,32)/t17-,23-/m1/s1. The van der Waals surface area contributed by atoms with Gasteiger partial charge in [0.15, 0.2) is 0 Å². The van der Waals surface area contributed by atoms with E-state index in [1.807, 2.05) is 24.3 Å². The Balaban J connectivity index is 1.50. The Morgan fingerprint density at radius 3 is 2.62 bits per heavy atom. The summed E-state index contributed by atoms with van der Waals surface area (Å²) in [6.07, 6.45) is 1.92. The van der Waals surface area contributed by atoms with Gasteiger partial charge in [-0.1, -0.05) is 36.4 Å². The quantitative estimate of drug-likeness (QED) is 0.353. The zero-order valence-electron chi connectivity index (χ0n) is 18.4. The van der Waals surface area contributed by atoms with Crippen molar-refractivity contribution in [2.45, 2.75) is 38.8 Å². The lowest BCUT2D eigenvalue weighted by Crippen LogP contribution is -2.32. The maximum absolute atomic E-state index is 12.4. The summed E-state index contributed by atoms with van der Waals surface area (Å²) in [7, 11) is 0. The number of rotatable bonds is 9. The first-order valence-corrected chi connectivity index (χ1v) is 10.6. The molecule has 0 saturated carbocycles. The third kappa shape index (κ3) is 6.80. The van der Waals surface area contributed by atoms with Crippen LogP contribution in [-0.2, 0) is 17.6 Å². The van der Waals surface area contributed by atoms with Gasteiger partial charge in [0.2, 0.25) is 5.91 Å². The van der Waals surface area contributed by atoms with E-state index in [0.29, 0.717) is 23.6 Å². The van der Waals surface area contributed by atoms with Gasteiger partial charge in [-0.05, 0) is 49.1 Å². The van der Waals surface area contributed by atoms with Crippen molar-refractivity contribution in [2.24, 2.45) is 0 Å². The normalized spacial score (nSPS) is 12.8. The first kappa shape index (κ1) is 23.2. The maximum Gasteiger partial charge on any atom is 0.228 e. The number of nitrogens with one attached hydrogen (secondary N) is 2. The van der Waals surface area contributed by atoms with Crippen molar-refractivity contribution in [1.82, 2.24) is 10.3 Å². The SMILES string of the molecule is Cc1ccc(NC(=O)Cc2cccc(C[C@@H](C)NC[C@@H](O)c3ccc(N)nc3)c2)cc1O. The molecule has 2 aromatic carbocycles. The molecule has 0 aliphatic carbocycles. The molecule has 2 atom stereocenters. The van der Waals surface area contributed by atoms with Gasteiger partial charge in [-0.2, -0.15) is 0 Å². The average molecular weight is 435 g/mol. The lowest BCUT2D eigenvalue weighted by molar-refractivity contribution is -0.115. The fraction of sp³-hybridized carbons (Fsp3) is 0.280. The summed E-state index contributed by atoms with van der Waals surface area (Å²) in [5.74, 6) is 0.439. The molecule has 0 radical (unpaired) electrons. The smallest absolute Gasteiger partial charge is 0.228 e. The Morgan fingerprint density at radius 1 is 1.12 bits per heavy atom. The summed E-state index contributed by atoms with van der Waals surface area (Å²) >= 11 is 0. The molecule has 168 valence electrons. The number of amides is 1. The van der Waals surface area contributed by atoms with Crippen molar-refractivity contribution in [1.29, 1.82) is 0 Å². The van der Waals surface area contributed by atoms with Gasteiger partial charge in [0.1, 0.15) is 11.6 Å². The molecule has 3 rings (SSSR count). The summed E-state index contributed by atoms with van der Waals surface area (Å²) < 4.78 is 0. The van der Waals surface area contributed by atoms with E-state index in [-0.39, 0.29) is 24.1 Å². The number of aromatic nitrogens is 1. The van der Waals surface area contributed by atoms with E-state index in [1.165, 1.54) is 0 Å². The molecule has 7 heteroatoms. The molecule has 1 heterocycles. The molecule has 0 spiro atoms. The predicted molar refractivity (Wildman–Crippen MR) is 126 cm³/mol. The first-order chi connectivity index (χ1) is 15.3. The fourth-order valence-corrected chi connectivity index (χ4v) is 3.41. The topological polar surface area (TPSA) is 120 Å². The number of carbonyl (C=O) groups is 1. The second kappa shape index (κ2) is 10.7. The highest BCUT2D eigenvalue weighted by Gasteiger charge is 2.11. The van der Waals surface area contributed by atoms with Crippen LogP contribution in [0.3, 0.4) is 0 Å². The van der Waals surface area contributed by atoms with Crippen LogP contribution in [0.25, 0.3) is 0 Å². The minimum absolute atomic E-state index is 0.131. The van der Waals surface area contributed by atoms with Crippen molar-refractivity contribution in [3.63, 3.8) is 0 Å². The van der Waals surface area contributed by atoms with Gasteiger partial charge in [0.05, 0.1) is 12.5 Å². The molecular formula is C25H30N4O3. The summed E-state index contributed by atoms with van der Waals surface area (Å²) in [6, 6.07) is 16.6. The number of hydrogen-bond donors (Lipinski definition) is 5. The zero-order valence-corrected chi connectivity index (χ0v) is 18.4. The average Bonchev–Trinajstić information content (AvgIpc) is 2.75. The van der Waals surface area contributed by atoms with Gasteiger partial charge in [-0.3, -0.25) is 4.79 Å². The number of anilines is 2. The van der Waals surface area contributed by atoms with Gasteiger partial charge in [-0.25, -0.2) is 4.98 Å². The molecule has 1 amide bonds. The second-order valence-electron chi connectivity index (χ2n) is 8.09. The number of phenols is 1. The van der Waals surface area contributed by atoms with Crippen LogP contribution in [0.4, 0.5) is 11.5 Å². The van der Waals surface area contributed by atoms with Crippen LogP contribution in [-0.4, -0.2) is 33.7 Å². The fourth-order valence-electron chi connectivity index (χ4n) is 3.41. The van der Waals surface area contributed by atoms with Crippen LogP contribution in [0.2, 0.25) is 0 Å². The van der Waals surface area contributed by atoms with E-state index in [4.69, 9.17) is 5.73 Å². The van der Waals surface area contributed by atoms with E-state index in [2.05, 4.69) is 22.5 Å². The Morgan fingerprint density at radius 2 is 1.91 bits per heavy atom. The minimum Gasteiger partial charge on any atom is -0.508 e. The maximum atomic E-state index is 12.4. The molecule has 6 N–H and O–H groups in total. The number of pyridine rings is 1. The van der Waals surface area contributed by atoms with Crippen molar-refractivity contribution in [2.75, 3.05) is 17.6 Å². The number of aliphatic hydroxyl groups excluding tert-OH is 1. The molecule has 0 aliphatic rings. The Labute approximate surface area is 188 Å². The number of nitrogen functional groups attached to an aromatic ring is 1. The molecular weight excluding hydrogens is 404 g/mol. The molecule has 32 heavy (non-hydrogen) atoms. The van der Waals surface area contributed by atoms with Gasteiger partial charge >= 0.3 is 0 Å². The molecule has 0 fully saturated rings. The summed E-state index contributed by atoms with van der Waals surface area (Å²) in [4.78, 5) is 16.4. The summed E-state index contributed by atoms with van der Waals surface area (Å²) in [6.45, 7) is 4.26. The van der Waals surface area contributed by atoms with Crippen LogP contribution in [0.5, 0.6) is 5.75 Å². The third-order valence-electron chi connectivity index (χ3n) is 5.24. The van der Waals surface area contributed by atoms with Crippen molar-refractivity contribution >= 4 is 17.4 Å². The van der Waals surface area contributed by atoms with Gasteiger partial charge in [0.25, 0.3) is 0 Å². The van der Waals surface area contributed by atoms with Gasteiger partial charge in [0, 0.05) is 36.1 Å². The number of phenolic OH excluding ortho intramolecular Hbond substituents is 1. The summed E-state index contributed by atoms with van der Waals surface area (Å²) in [5.41, 5.74) is 9.65. The molecule has 0 saturated heterocycles. The molecule has 0 bridgehead atoms. The molecule has 1 aromatic heterocycles. The third-order valence-corrected chi connectivity index (χ3v) is 5.24. The highest BCUT2D eigenvalue weighted by molar-refractivity contribution is 5.92. The highest BCUT2D eigenvalue weighted by Crippen LogP contribution is 2.21. The van der Waals surface area contributed by atoms with Crippen LogP contribution < -0.4 is 16.4 Å². The Bertz CT molecular complexity index is 1050. The number of aryl methyl sites for hydroxylation is 1. The van der Waals surface area contributed by atoms with Gasteiger partial charge in [-0.15, -0.1) is 0 Å². The highest BCUT2D eigenvalue weighted by atomic mass is 16.3. The minimum atomic E-state index is -0.665. The zero-order chi connectivity index (χ0) is 23.1. The Kier molecular flexibility index (Phi) is 7.81. The number of nitrogens with two attached hydrogens (primary N) is 1. The van der Waals surface area contributed by atoms with E-state index in [0.717, 1.165) is 23.1 Å². The number of aromatic hydroxyl groups is 1. The van der Waals surface area contributed by atoms with Crippen LogP contribution in [0, 0.1) is 6.92 Å². The number of carbonyl (C=O) groups excluding carboxylic acids is 1. The van der Waals surface area contributed by atoms with Crippen molar-refractivity contribution in [3.8, 4) is 5.75 Å². The largest absolute Gasteiger partial charge is 0.508 e. The lowest BCUT2D eigenvalue weighted by atomic mass is 10.0.